The van der Waals surface area contributed by atoms with E-state index in [1.165, 1.54) is 10.4 Å². The zero-order valence-electron chi connectivity index (χ0n) is 8.27. The van der Waals surface area contributed by atoms with E-state index in [1.807, 2.05) is 12.1 Å². The van der Waals surface area contributed by atoms with Gasteiger partial charge < -0.3 is 0 Å². The van der Waals surface area contributed by atoms with Crippen molar-refractivity contribution in [1.29, 1.82) is 0 Å². The molecule has 0 saturated heterocycles. The minimum Gasteiger partial charge on any atom is -0.159 e. The fraction of sp³-hybridized carbons (Fsp3) is 0.300. The number of aromatic nitrogens is 2. The van der Waals surface area contributed by atoms with Crippen LogP contribution in [0.1, 0.15) is 18.9 Å². The standard InChI is InChI=1S/C10H10N2S3/c1-2-4-7-9(14-15-10(7)13)8-5-3-6-11-12-8/h3,5-6H,2,4H2,1H3. The Bertz CT molecular complexity index is 487. The third kappa shape index (κ3) is 2.30. The van der Waals surface area contributed by atoms with Crippen LogP contribution in [0.15, 0.2) is 18.3 Å². The summed E-state index contributed by atoms with van der Waals surface area (Å²) in [5, 5.41) is 8.02. The minimum absolute atomic E-state index is 0.943. The lowest BCUT2D eigenvalue weighted by Gasteiger charge is -1.99. The van der Waals surface area contributed by atoms with Crippen molar-refractivity contribution in [1.82, 2.24) is 10.2 Å². The topological polar surface area (TPSA) is 25.8 Å². The molecule has 0 N–H and O–H groups in total. The first-order chi connectivity index (χ1) is 7.33. The molecule has 0 radical (unpaired) electrons. The molecule has 5 heteroatoms. The van der Waals surface area contributed by atoms with Gasteiger partial charge in [-0.2, -0.15) is 5.10 Å². The van der Waals surface area contributed by atoms with Gasteiger partial charge in [-0.15, -0.1) is 5.10 Å². The van der Waals surface area contributed by atoms with Gasteiger partial charge in [0.05, 0.1) is 4.88 Å². The highest BCUT2D eigenvalue weighted by Crippen LogP contribution is 2.33. The molecule has 0 spiro atoms. The molecule has 0 saturated carbocycles. The van der Waals surface area contributed by atoms with Crippen LogP contribution >= 0.6 is 32.9 Å². The van der Waals surface area contributed by atoms with Crippen molar-refractivity contribution in [3.05, 3.63) is 27.7 Å². The highest BCUT2D eigenvalue weighted by atomic mass is 32.9. The Morgan fingerprint density at radius 3 is 2.93 bits per heavy atom. The Morgan fingerprint density at radius 1 is 1.40 bits per heavy atom. The lowest BCUT2D eigenvalue weighted by Crippen LogP contribution is -1.88. The van der Waals surface area contributed by atoms with E-state index in [4.69, 9.17) is 12.2 Å². The smallest absolute Gasteiger partial charge is 0.105 e. The normalized spacial score (nSPS) is 10.5. The molecule has 2 heterocycles. The Labute approximate surface area is 101 Å². The van der Waals surface area contributed by atoms with Crippen molar-refractivity contribution in [3.8, 4) is 10.6 Å². The molecule has 2 aromatic heterocycles. The maximum absolute atomic E-state index is 5.32. The van der Waals surface area contributed by atoms with Crippen LogP contribution in [0.5, 0.6) is 0 Å². The third-order valence-corrected chi connectivity index (χ3v) is 5.19. The average molecular weight is 254 g/mol. The van der Waals surface area contributed by atoms with Crippen molar-refractivity contribution in [2.45, 2.75) is 19.8 Å². The number of nitrogens with zero attached hydrogens (tertiary/aromatic N) is 2. The van der Waals surface area contributed by atoms with Gasteiger partial charge in [-0.1, -0.05) is 46.2 Å². The molecule has 0 aromatic carbocycles. The molecular weight excluding hydrogens is 244 g/mol. The highest BCUT2D eigenvalue weighted by molar-refractivity contribution is 7.80. The first-order valence-electron chi connectivity index (χ1n) is 4.73. The monoisotopic (exact) mass is 254 g/mol. The molecule has 0 atom stereocenters. The first kappa shape index (κ1) is 10.9. The maximum atomic E-state index is 5.32. The van der Waals surface area contributed by atoms with Crippen LogP contribution < -0.4 is 0 Å². The summed E-state index contributed by atoms with van der Waals surface area (Å²) in [6, 6.07) is 3.89. The van der Waals surface area contributed by atoms with E-state index in [0.717, 1.165) is 22.4 Å². The molecule has 0 aliphatic heterocycles. The molecular formula is C10H10N2S3. The fourth-order valence-electron chi connectivity index (χ4n) is 1.36. The summed E-state index contributed by atoms with van der Waals surface area (Å²) in [6.45, 7) is 2.16. The zero-order valence-corrected chi connectivity index (χ0v) is 10.7. The predicted octanol–water partition coefficient (Wildman–Crippen LogP) is 3.95. The molecule has 78 valence electrons. The molecule has 2 aromatic rings. The molecule has 2 rings (SSSR count). The molecule has 0 aliphatic rings. The van der Waals surface area contributed by atoms with E-state index in [0.29, 0.717) is 0 Å². The predicted molar refractivity (Wildman–Crippen MR) is 68.1 cm³/mol. The lowest BCUT2D eigenvalue weighted by molar-refractivity contribution is 0.924. The van der Waals surface area contributed by atoms with Gasteiger partial charge in [0.15, 0.2) is 0 Å². The van der Waals surface area contributed by atoms with Gasteiger partial charge in [0.1, 0.15) is 9.52 Å². The van der Waals surface area contributed by atoms with Gasteiger partial charge in [-0.05, 0) is 18.6 Å². The van der Waals surface area contributed by atoms with E-state index in [9.17, 15) is 0 Å². The van der Waals surface area contributed by atoms with Gasteiger partial charge in [0.25, 0.3) is 0 Å². The van der Waals surface area contributed by atoms with E-state index in [2.05, 4.69) is 17.1 Å². The summed E-state index contributed by atoms with van der Waals surface area (Å²) in [5.41, 5.74) is 2.21. The van der Waals surface area contributed by atoms with Gasteiger partial charge in [-0.3, -0.25) is 0 Å². The van der Waals surface area contributed by atoms with E-state index in [1.54, 1.807) is 26.9 Å². The van der Waals surface area contributed by atoms with Gasteiger partial charge in [-0.25, -0.2) is 0 Å². The van der Waals surface area contributed by atoms with Gasteiger partial charge in [0.2, 0.25) is 0 Å². The van der Waals surface area contributed by atoms with E-state index < -0.39 is 0 Å². The van der Waals surface area contributed by atoms with Crippen LogP contribution in [0.3, 0.4) is 0 Å². The summed E-state index contributed by atoms with van der Waals surface area (Å²) in [7, 11) is 3.36. The molecule has 2 nitrogen and oxygen atoms in total. The SMILES string of the molecule is CCCc1c(-c2cccnn2)ssc1=S. The van der Waals surface area contributed by atoms with Crippen LogP contribution in [-0.2, 0) is 6.42 Å². The number of hydrogen-bond acceptors (Lipinski definition) is 5. The van der Waals surface area contributed by atoms with Gasteiger partial charge >= 0.3 is 0 Å². The van der Waals surface area contributed by atoms with Crippen molar-refractivity contribution in [2.75, 3.05) is 0 Å². The zero-order chi connectivity index (χ0) is 10.7. The summed E-state index contributed by atoms with van der Waals surface area (Å²) in [6.07, 6.45) is 3.83. The Balaban J connectivity index is 2.49. The second-order valence-electron chi connectivity index (χ2n) is 3.12. The van der Waals surface area contributed by atoms with E-state index >= 15 is 0 Å². The lowest BCUT2D eigenvalue weighted by atomic mass is 10.1. The molecule has 0 aliphatic carbocycles. The third-order valence-electron chi connectivity index (χ3n) is 2.03. The molecule has 0 bridgehead atoms. The quantitative estimate of drug-likeness (QED) is 0.612. The van der Waals surface area contributed by atoms with Crippen molar-refractivity contribution in [3.63, 3.8) is 0 Å². The second-order valence-corrected chi connectivity index (χ2v) is 5.94. The highest BCUT2D eigenvalue weighted by Gasteiger charge is 2.10. The maximum Gasteiger partial charge on any atom is 0.105 e. The van der Waals surface area contributed by atoms with Crippen molar-refractivity contribution >= 4 is 32.9 Å². The van der Waals surface area contributed by atoms with Crippen LogP contribution in [0, 0.1) is 3.82 Å². The van der Waals surface area contributed by atoms with Crippen molar-refractivity contribution in [2.24, 2.45) is 0 Å². The van der Waals surface area contributed by atoms with Crippen LogP contribution in [0.25, 0.3) is 10.6 Å². The van der Waals surface area contributed by atoms with Crippen LogP contribution in [0.2, 0.25) is 0 Å². The Kier molecular flexibility index (Phi) is 3.56. The summed E-state index contributed by atoms with van der Waals surface area (Å²) in [5.74, 6) is 0. The fourth-order valence-corrected chi connectivity index (χ4v) is 4.30. The van der Waals surface area contributed by atoms with Gasteiger partial charge in [0, 0.05) is 11.8 Å². The number of rotatable bonds is 3. The molecule has 0 fully saturated rings. The van der Waals surface area contributed by atoms with Crippen molar-refractivity contribution < 1.29 is 0 Å². The van der Waals surface area contributed by atoms with Crippen LogP contribution in [0.4, 0.5) is 0 Å². The average Bonchev–Trinajstić information content (AvgIpc) is 2.63. The summed E-state index contributed by atoms with van der Waals surface area (Å²) < 4.78 is 1.00. The molecule has 0 unspecified atom stereocenters. The Hall–Kier alpha value is -0.650. The molecule has 0 amide bonds. The Morgan fingerprint density at radius 2 is 2.27 bits per heavy atom. The summed E-state index contributed by atoms with van der Waals surface area (Å²) in [4.78, 5) is 1.19. The molecule has 15 heavy (non-hydrogen) atoms. The summed E-state index contributed by atoms with van der Waals surface area (Å²) >= 11 is 5.32. The van der Waals surface area contributed by atoms with E-state index in [-0.39, 0.29) is 0 Å². The minimum atomic E-state index is 0.943. The van der Waals surface area contributed by atoms with Crippen LogP contribution in [-0.4, -0.2) is 10.2 Å². The second kappa shape index (κ2) is 4.92. The largest absolute Gasteiger partial charge is 0.159 e. The first-order valence-corrected chi connectivity index (χ1v) is 7.28. The number of hydrogen-bond donors (Lipinski definition) is 0.